The highest BCUT2D eigenvalue weighted by Gasteiger charge is 2.37. The maximum Gasteiger partial charge on any atom is 0.418 e. The van der Waals surface area contributed by atoms with Crippen molar-refractivity contribution in [2.24, 2.45) is 0 Å². The van der Waals surface area contributed by atoms with E-state index >= 15 is 0 Å². The molecule has 2 unspecified atom stereocenters. The second kappa shape index (κ2) is 12.1. The topological polar surface area (TPSA) is 101 Å². The van der Waals surface area contributed by atoms with Crippen LogP contribution in [0.2, 0.25) is 0 Å². The lowest BCUT2D eigenvalue weighted by molar-refractivity contribution is -0.139. The van der Waals surface area contributed by atoms with Crippen molar-refractivity contribution < 1.29 is 54.6 Å². The van der Waals surface area contributed by atoms with Crippen LogP contribution in [0.25, 0.3) is 11.3 Å². The van der Waals surface area contributed by atoms with E-state index in [-0.39, 0.29) is 23.5 Å². The Morgan fingerprint density at radius 2 is 1.74 bits per heavy atom. The van der Waals surface area contributed by atoms with Crippen molar-refractivity contribution in [3.63, 3.8) is 0 Å². The monoisotopic (exact) mass is 617 g/mol. The zero-order valence-corrected chi connectivity index (χ0v) is 22.2. The molecule has 15 heteroatoms. The zero-order chi connectivity index (χ0) is 31.7. The third kappa shape index (κ3) is 6.97. The van der Waals surface area contributed by atoms with E-state index < -0.39 is 76.9 Å². The van der Waals surface area contributed by atoms with Crippen molar-refractivity contribution in [1.82, 2.24) is 10.3 Å². The molecule has 230 valence electrons. The number of hydrogen-bond acceptors (Lipinski definition) is 5. The van der Waals surface area contributed by atoms with Gasteiger partial charge in [-0.25, -0.2) is 13.6 Å². The molecule has 43 heavy (non-hydrogen) atoms. The molecule has 0 radical (unpaired) electrons. The maximum atomic E-state index is 14.7. The van der Waals surface area contributed by atoms with E-state index in [0.717, 1.165) is 19.1 Å². The number of hydrogen-bond donors (Lipinski definition) is 3. The number of fused-ring (bicyclic) bond motifs is 1. The normalized spacial score (nSPS) is 14.7. The number of aromatic nitrogens is 1. The van der Waals surface area contributed by atoms with Crippen molar-refractivity contribution in [1.29, 1.82) is 0 Å². The summed E-state index contributed by atoms with van der Waals surface area (Å²) in [5, 5.41) is 13.6. The van der Waals surface area contributed by atoms with E-state index in [2.05, 4.69) is 4.98 Å². The summed E-state index contributed by atoms with van der Waals surface area (Å²) in [6.07, 6.45) is -7.96. The number of aliphatic carboxylic acids is 1. The van der Waals surface area contributed by atoms with Crippen molar-refractivity contribution in [2.45, 2.75) is 50.6 Å². The van der Waals surface area contributed by atoms with Crippen molar-refractivity contribution in [3.8, 4) is 17.0 Å². The van der Waals surface area contributed by atoms with Gasteiger partial charge in [-0.1, -0.05) is 6.07 Å². The van der Waals surface area contributed by atoms with Gasteiger partial charge < -0.3 is 20.5 Å². The quantitative estimate of drug-likeness (QED) is 0.262. The number of nitrogens with zero attached hydrogens (tertiary/aromatic N) is 1. The Kier molecular flexibility index (Phi) is 8.83. The van der Waals surface area contributed by atoms with E-state index in [0.29, 0.717) is 30.5 Å². The predicted octanol–water partition coefficient (Wildman–Crippen LogP) is 6.16. The van der Waals surface area contributed by atoms with Crippen LogP contribution in [0.5, 0.6) is 5.75 Å². The van der Waals surface area contributed by atoms with Crippen LogP contribution in [0.1, 0.15) is 40.4 Å². The second-order valence-electron chi connectivity index (χ2n) is 9.72. The molecule has 1 amide bonds. The first kappa shape index (κ1) is 31.5. The lowest BCUT2D eigenvalue weighted by atomic mass is 9.90. The summed E-state index contributed by atoms with van der Waals surface area (Å²) >= 11 is 0. The predicted molar refractivity (Wildman–Crippen MR) is 137 cm³/mol. The van der Waals surface area contributed by atoms with Crippen LogP contribution >= 0.6 is 0 Å². The van der Waals surface area contributed by atoms with Gasteiger partial charge in [0.25, 0.3) is 5.91 Å². The zero-order valence-electron chi connectivity index (χ0n) is 22.2. The van der Waals surface area contributed by atoms with Gasteiger partial charge in [-0.3, -0.25) is 9.78 Å². The minimum Gasteiger partial charge on any atom is -0.493 e. The number of alkyl halides is 6. The van der Waals surface area contributed by atoms with Crippen molar-refractivity contribution in [2.75, 3.05) is 11.9 Å². The Balaban J connectivity index is 1.62. The summed E-state index contributed by atoms with van der Waals surface area (Å²) in [5.41, 5.74) is -2.51. The molecule has 7 nitrogen and oxygen atoms in total. The molecular weight excluding hydrogens is 594 g/mol. The number of benzene rings is 2. The number of amides is 1. The molecule has 0 saturated carbocycles. The Labute approximate surface area is 238 Å². The van der Waals surface area contributed by atoms with E-state index in [1.54, 1.807) is 0 Å². The second-order valence-corrected chi connectivity index (χ2v) is 9.72. The lowest BCUT2D eigenvalue weighted by Gasteiger charge is -2.25. The summed E-state index contributed by atoms with van der Waals surface area (Å²) < 4.78 is 114. The third-order valence-corrected chi connectivity index (χ3v) is 6.71. The molecule has 2 atom stereocenters. The van der Waals surface area contributed by atoms with E-state index in [1.807, 2.05) is 10.6 Å². The lowest BCUT2D eigenvalue weighted by Crippen LogP contribution is -2.43. The molecule has 3 N–H and O–H groups in total. The van der Waals surface area contributed by atoms with E-state index in [9.17, 15) is 49.8 Å². The molecule has 0 fully saturated rings. The van der Waals surface area contributed by atoms with Crippen LogP contribution in [-0.4, -0.2) is 46.8 Å². The molecule has 0 bridgehead atoms. The summed E-state index contributed by atoms with van der Waals surface area (Å²) in [6, 6.07) is 1.65. The van der Waals surface area contributed by atoms with Gasteiger partial charge in [0.1, 0.15) is 35.0 Å². The third-order valence-electron chi connectivity index (χ3n) is 6.71. The van der Waals surface area contributed by atoms with Crippen LogP contribution in [0, 0.1) is 11.6 Å². The molecule has 0 aliphatic carbocycles. The van der Waals surface area contributed by atoms with Gasteiger partial charge in [-0.05, 0) is 61.2 Å². The molecule has 0 saturated heterocycles. The summed E-state index contributed by atoms with van der Waals surface area (Å²) in [6.45, 7) is 0.887. The highest BCUT2D eigenvalue weighted by molar-refractivity contribution is 5.97. The number of anilines is 1. The first-order valence-corrected chi connectivity index (χ1v) is 12.7. The largest absolute Gasteiger partial charge is 0.493 e. The average molecular weight is 617 g/mol. The Morgan fingerprint density at radius 1 is 1.07 bits per heavy atom. The summed E-state index contributed by atoms with van der Waals surface area (Å²) in [4.78, 5) is 28.7. The Morgan fingerprint density at radius 3 is 2.35 bits per heavy atom. The van der Waals surface area contributed by atoms with Crippen LogP contribution in [0.4, 0.5) is 40.8 Å². The average Bonchev–Trinajstić information content (AvgIpc) is 2.91. The molecule has 1 aliphatic heterocycles. The van der Waals surface area contributed by atoms with Gasteiger partial charge in [0.2, 0.25) is 0 Å². The van der Waals surface area contributed by atoms with Gasteiger partial charge in [0, 0.05) is 23.9 Å². The van der Waals surface area contributed by atoms with E-state index in [1.165, 1.54) is 18.3 Å². The minimum absolute atomic E-state index is 0.0277. The molecule has 3 aromatic rings. The highest BCUT2D eigenvalue weighted by Crippen LogP contribution is 2.43. The fourth-order valence-corrected chi connectivity index (χ4v) is 4.61. The van der Waals surface area contributed by atoms with Gasteiger partial charge in [-0.2, -0.15) is 26.3 Å². The molecule has 0 spiro atoms. The van der Waals surface area contributed by atoms with Crippen molar-refractivity contribution in [3.05, 3.63) is 76.5 Å². The highest BCUT2D eigenvalue weighted by atomic mass is 19.4. The smallest absolute Gasteiger partial charge is 0.418 e. The van der Waals surface area contributed by atoms with Crippen LogP contribution in [-0.2, 0) is 23.8 Å². The van der Waals surface area contributed by atoms with Gasteiger partial charge in [-0.15, -0.1) is 0 Å². The molecular formula is C28H23F8N3O4. The fourth-order valence-electron chi connectivity index (χ4n) is 4.61. The van der Waals surface area contributed by atoms with Crippen LogP contribution in [0.3, 0.4) is 0 Å². The number of ether oxygens (including phenoxy) is 1. The van der Waals surface area contributed by atoms with E-state index in [4.69, 9.17) is 4.74 Å². The molecule has 4 rings (SSSR count). The number of carboxylic acid groups (broad SMARTS) is 1. The number of carbonyl (C=O) groups excluding carboxylic acids is 1. The minimum atomic E-state index is -4.72. The standard InChI is InChI=1S/C28H23F8N3O4/c1-13(27(31,32)33)38-15-11-19(29)22(20(30)12-15)25(40)39-21(26(41)42)10-14-6-7-17(24-16(14)4-3-9-43-24)23-18(28(34,35)36)5-2-8-37-23/h2,5-8,11-13,21,38H,3-4,9-10H2,1H3,(H,39,40)(H,41,42). The molecule has 1 aliphatic rings. The van der Waals surface area contributed by atoms with Gasteiger partial charge in [0.05, 0.1) is 17.9 Å². The number of carbonyl (C=O) groups is 2. The van der Waals surface area contributed by atoms with Crippen molar-refractivity contribution >= 4 is 17.6 Å². The molecule has 2 heterocycles. The Hall–Kier alpha value is -4.43. The number of pyridine rings is 1. The number of carboxylic acids is 1. The summed E-state index contributed by atoms with van der Waals surface area (Å²) in [7, 11) is 0. The number of nitrogens with one attached hydrogen (secondary N) is 2. The number of rotatable bonds is 8. The molecule has 1 aromatic heterocycles. The first-order valence-electron chi connectivity index (χ1n) is 12.7. The van der Waals surface area contributed by atoms with Gasteiger partial charge >= 0.3 is 18.3 Å². The summed E-state index contributed by atoms with van der Waals surface area (Å²) in [5.74, 6) is -6.08. The first-order chi connectivity index (χ1) is 20.1. The van der Waals surface area contributed by atoms with Gasteiger partial charge in [0.15, 0.2) is 0 Å². The maximum absolute atomic E-state index is 14.7. The van der Waals surface area contributed by atoms with Crippen LogP contribution < -0.4 is 15.4 Å². The SMILES string of the molecule is CC(Nc1cc(F)c(C(=O)NC(Cc2ccc(-c3ncccc3C(F)(F)F)c3c2CCCO3)C(=O)O)c(F)c1)C(F)(F)F. The number of halogens is 8. The molecule has 2 aromatic carbocycles. The fraction of sp³-hybridized carbons (Fsp3) is 0.321. The van der Waals surface area contributed by atoms with Crippen LogP contribution in [0.15, 0.2) is 42.6 Å². The Bertz CT molecular complexity index is 1520.